The van der Waals surface area contributed by atoms with Gasteiger partial charge >= 0.3 is 0 Å². The second kappa shape index (κ2) is 8.61. The van der Waals surface area contributed by atoms with E-state index in [1.807, 2.05) is 19.1 Å². The van der Waals surface area contributed by atoms with Gasteiger partial charge in [0.15, 0.2) is 0 Å². The molecule has 5 rings (SSSR count). The number of likely N-dealkylation sites (tertiary alicyclic amines) is 1. The van der Waals surface area contributed by atoms with Gasteiger partial charge in [-0.3, -0.25) is 4.90 Å². The highest BCUT2D eigenvalue weighted by atomic mass is 35.5. The van der Waals surface area contributed by atoms with Crippen LogP contribution in [0.15, 0.2) is 54.6 Å². The minimum Gasteiger partial charge on any atom is -0.492 e. The topological polar surface area (TPSA) is 53.7 Å². The van der Waals surface area contributed by atoms with Crippen LogP contribution < -0.4 is 0 Å². The Morgan fingerprint density at radius 2 is 1.81 bits per heavy atom. The Morgan fingerprint density at radius 1 is 1.10 bits per heavy atom. The molecule has 1 atom stereocenters. The minimum absolute atomic E-state index is 0.0382. The largest absolute Gasteiger partial charge is 0.492 e. The summed E-state index contributed by atoms with van der Waals surface area (Å²) < 4.78 is 1.56. The van der Waals surface area contributed by atoms with Gasteiger partial charge in [-0.2, -0.15) is 4.52 Å². The van der Waals surface area contributed by atoms with Crippen LogP contribution in [0.5, 0.6) is 5.88 Å². The Morgan fingerprint density at radius 3 is 2.48 bits per heavy atom. The molecule has 0 amide bonds. The van der Waals surface area contributed by atoms with Gasteiger partial charge in [0, 0.05) is 5.02 Å². The van der Waals surface area contributed by atoms with Crippen molar-refractivity contribution >= 4 is 27.9 Å². The van der Waals surface area contributed by atoms with Crippen molar-refractivity contribution in [2.75, 3.05) is 13.1 Å². The van der Waals surface area contributed by atoms with Crippen molar-refractivity contribution in [2.45, 2.75) is 32.2 Å². The Balaban J connectivity index is 1.42. The highest BCUT2D eigenvalue weighted by molar-refractivity contribution is 7.17. The lowest BCUT2D eigenvalue weighted by Gasteiger charge is -2.37. The van der Waals surface area contributed by atoms with Crippen LogP contribution in [0.4, 0.5) is 0 Å². The molecule has 1 unspecified atom stereocenters. The maximum absolute atomic E-state index is 11.0. The van der Waals surface area contributed by atoms with E-state index in [1.54, 1.807) is 4.52 Å². The van der Waals surface area contributed by atoms with E-state index in [1.165, 1.54) is 16.9 Å². The van der Waals surface area contributed by atoms with Crippen molar-refractivity contribution in [1.29, 1.82) is 0 Å². The third-order valence-corrected chi connectivity index (χ3v) is 7.45. The maximum atomic E-state index is 11.0. The summed E-state index contributed by atoms with van der Waals surface area (Å²) in [4.78, 5) is 8.55. The summed E-state index contributed by atoms with van der Waals surface area (Å²) in [5.74, 6) is 1.54. The molecule has 1 aliphatic rings. The minimum atomic E-state index is -0.0382. The summed E-state index contributed by atoms with van der Waals surface area (Å²) in [5.41, 5.74) is 2.54. The highest BCUT2D eigenvalue weighted by Gasteiger charge is 2.32. The van der Waals surface area contributed by atoms with E-state index in [9.17, 15) is 5.11 Å². The number of hydrogen-bond donors (Lipinski definition) is 1. The molecule has 7 heteroatoms. The number of hydrogen-bond acceptors (Lipinski definition) is 5. The van der Waals surface area contributed by atoms with Crippen molar-refractivity contribution in [3.05, 3.63) is 81.4 Å². The fourth-order valence-corrected chi connectivity index (χ4v) is 5.85. The SMILES string of the molecule is Cc1nc2sc(C(c3ccc(Cl)cc3)N3CCC(Cc4ccccc4)CC3)c(O)n2n1. The molecule has 4 aromatic rings. The first-order valence-electron chi connectivity index (χ1n) is 10.7. The fraction of sp³-hybridized carbons (Fsp3) is 0.333. The van der Waals surface area contributed by atoms with Crippen LogP contribution in [-0.4, -0.2) is 37.7 Å². The first-order chi connectivity index (χ1) is 15.1. The summed E-state index contributed by atoms with van der Waals surface area (Å²) in [6, 6.07) is 18.7. The number of fused-ring (bicyclic) bond motifs is 1. The summed E-state index contributed by atoms with van der Waals surface area (Å²) in [5, 5.41) is 16.1. The van der Waals surface area contributed by atoms with Crippen LogP contribution in [0.1, 0.15) is 40.7 Å². The summed E-state index contributed by atoms with van der Waals surface area (Å²) in [6.07, 6.45) is 3.40. The summed E-state index contributed by atoms with van der Waals surface area (Å²) >= 11 is 7.67. The van der Waals surface area contributed by atoms with E-state index in [-0.39, 0.29) is 11.9 Å². The lowest BCUT2D eigenvalue weighted by Crippen LogP contribution is -2.37. The molecule has 160 valence electrons. The van der Waals surface area contributed by atoms with Crippen LogP contribution >= 0.6 is 22.9 Å². The zero-order valence-electron chi connectivity index (χ0n) is 17.4. The Bertz CT molecular complexity index is 1160. The van der Waals surface area contributed by atoms with E-state index >= 15 is 0 Å². The van der Waals surface area contributed by atoms with Crippen LogP contribution in [0.3, 0.4) is 0 Å². The molecule has 1 aliphatic heterocycles. The van der Waals surface area contributed by atoms with Crippen molar-refractivity contribution in [1.82, 2.24) is 19.5 Å². The number of benzene rings is 2. The number of thiazole rings is 1. The second-order valence-corrected chi connectivity index (χ2v) is 9.71. The predicted octanol–water partition coefficient (Wildman–Crippen LogP) is 5.50. The molecule has 31 heavy (non-hydrogen) atoms. The Kier molecular flexibility index (Phi) is 5.69. The molecule has 0 spiro atoms. The average molecular weight is 453 g/mol. The highest BCUT2D eigenvalue weighted by Crippen LogP contribution is 2.41. The summed E-state index contributed by atoms with van der Waals surface area (Å²) in [7, 11) is 0. The average Bonchev–Trinajstić information content (AvgIpc) is 3.29. The van der Waals surface area contributed by atoms with Crippen molar-refractivity contribution < 1.29 is 5.11 Å². The van der Waals surface area contributed by atoms with Crippen molar-refractivity contribution in [2.24, 2.45) is 5.92 Å². The van der Waals surface area contributed by atoms with Crippen LogP contribution in [0.25, 0.3) is 4.96 Å². The van der Waals surface area contributed by atoms with Gasteiger partial charge in [0.1, 0.15) is 5.82 Å². The normalized spacial score (nSPS) is 16.7. The number of aryl methyl sites for hydroxylation is 1. The molecule has 1 saturated heterocycles. The molecule has 2 aromatic heterocycles. The first kappa shape index (κ1) is 20.5. The second-order valence-electron chi connectivity index (χ2n) is 8.27. The number of piperidine rings is 1. The van der Waals surface area contributed by atoms with E-state index < -0.39 is 0 Å². The molecule has 3 heterocycles. The lowest BCUT2D eigenvalue weighted by atomic mass is 9.89. The van der Waals surface area contributed by atoms with Crippen molar-refractivity contribution in [3.8, 4) is 5.88 Å². The number of aromatic hydroxyl groups is 1. The van der Waals surface area contributed by atoms with Crippen LogP contribution in [0, 0.1) is 12.8 Å². The van der Waals surface area contributed by atoms with E-state index in [0.29, 0.717) is 16.8 Å². The third kappa shape index (κ3) is 4.20. The molecule has 1 N–H and O–H groups in total. The number of nitrogens with zero attached hydrogens (tertiary/aromatic N) is 4. The third-order valence-electron chi connectivity index (χ3n) is 6.12. The van der Waals surface area contributed by atoms with E-state index in [0.717, 1.165) is 47.8 Å². The molecule has 5 nitrogen and oxygen atoms in total. The Hall–Kier alpha value is -2.41. The van der Waals surface area contributed by atoms with Gasteiger partial charge in [0.25, 0.3) is 0 Å². The van der Waals surface area contributed by atoms with Gasteiger partial charge in [-0.05, 0) is 68.5 Å². The van der Waals surface area contributed by atoms with Gasteiger partial charge in [0.2, 0.25) is 10.8 Å². The van der Waals surface area contributed by atoms with Gasteiger partial charge in [0.05, 0.1) is 10.9 Å². The number of rotatable bonds is 5. The van der Waals surface area contributed by atoms with Gasteiger partial charge < -0.3 is 5.11 Å². The van der Waals surface area contributed by atoms with Crippen molar-refractivity contribution in [3.63, 3.8) is 0 Å². The number of aromatic nitrogens is 3. The molecule has 0 aliphatic carbocycles. The molecule has 0 radical (unpaired) electrons. The van der Waals surface area contributed by atoms with Gasteiger partial charge in [-0.25, -0.2) is 4.98 Å². The molecule has 1 fully saturated rings. The molecular formula is C24H25ClN4OS. The standard InChI is InChI=1S/C24H25ClN4OS/c1-16-26-24-29(27-16)23(30)22(31-24)21(19-7-9-20(25)10-8-19)28-13-11-18(12-14-28)15-17-5-3-2-4-6-17/h2-10,18,21,30H,11-15H2,1H3. The zero-order valence-corrected chi connectivity index (χ0v) is 19.0. The van der Waals surface area contributed by atoms with E-state index in [4.69, 9.17) is 11.6 Å². The lowest BCUT2D eigenvalue weighted by molar-refractivity contribution is 0.150. The molecule has 0 bridgehead atoms. The quantitative estimate of drug-likeness (QED) is 0.434. The van der Waals surface area contributed by atoms with E-state index in [2.05, 4.69) is 57.4 Å². The van der Waals surface area contributed by atoms with Gasteiger partial charge in [-0.1, -0.05) is 65.4 Å². The summed E-state index contributed by atoms with van der Waals surface area (Å²) in [6.45, 7) is 3.81. The zero-order chi connectivity index (χ0) is 21.4. The molecule has 0 saturated carbocycles. The van der Waals surface area contributed by atoms with Crippen LogP contribution in [-0.2, 0) is 6.42 Å². The smallest absolute Gasteiger partial charge is 0.230 e. The van der Waals surface area contributed by atoms with Gasteiger partial charge in [-0.15, -0.1) is 5.10 Å². The number of halogens is 1. The molecular weight excluding hydrogens is 428 g/mol. The first-order valence-corrected chi connectivity index (χ1v) is 11.9. The fourth-order valence-electron chi connectivity index (χ4n) is 4.56. The monoisotopic (exact) mass is 452 g/mol. The Labute approximate surface area is 190 Å². The molecule has 2 aromatic carbocycles. The van der Waals surface area contributed by atoms with Crippen LogP contribution in [0.2, 0.25) is 5.02 Å². The predicted molar refractivity (Wildman–Crippen MR) is 125 cm³/mol. The maximum Gasteiger partial charge on any atom is 0.230 e.